The zero-order valence-corrected chi connectivity index (χ0v) is 9.92. The summed E-state index contributed by atoms with van der Waals surface area (Å²) in [6, 6.07) is 9.95. The van der Waals surface area contributed by atoms with Gasteiger partial charge in [-0.25, -0.2) is 0 Å². The van der Waals surface area contributed by atoms with E-state index in [1.807, 2.05) is 18.2 Å². The molecule has 0 unspecified atom stereocenters. The van der Waals surface area contributed by atoms with Gasteiger partial charge in [0.25, 0.3) is 10.1 Å². The molecule has 1 aromatic carbocycles. The highest BCUT2D eigenvalue weighted by Gasteiger charge is 2.13. The van der Waals surface area contributed by atoms with E-state index in [-0.39, 0.29) is 4.90 Å². The molecule has 2 aliphatic rings. The van der Waals surface area contributed by atoms with Gasteiger partial charge < -0.3 is 0 Å². The highest BCUT2D eigenvalue weighted by Crippen LogP contribution is 2.28. The van der Waals surface area contributed by atoms with Crippen LogP contribution in [0.4, 0.5) is 0 Å². The number of hydrogen-bond acceptors (Lipinski definition) is 4. The molecular weight excluding hydrogens is 252 g/mol. The van der Waals surface area contributed by atoms with E-state index in [1.54, 1.807) is 12.3 Å². The fraction of sp³-hybridized carbons (Fsp3) is 0. The molecule has 1 heterocycles. The van der Waals surface area contributed by atoms with Gasteiger partial charge in [0.2, 0.25) is 0 Å². The quantitative estimate of drug-likeness (QED) is 0.677. The molecule has 1 N–H and O–H groups in total. The lowest BCUT2D eigenvalue weighted by molar-refractivity contribution is 0.483. The maximum absolute atomic E-state index is 11.1. The molecule has 1 aliphatic heterocycles. The number of benzene rings is 1. The number of nitrogens with zero attached hydrogens (tertiary/aromatic N) is 2. The first-order valence-electron chi connectivity index (χ1n) is 5.17. The van der Waals surface area contributed by atoms with E-state index in [1.165, 1.54) is 12.1 Å². The standard InChI is InChI=1S/C12H8N2O3S/c15-18(16,17)10-5-4-8-2-1-3-9-7-13-14-12(9)11(8)6-10/h1-7H,(H,15,16,17). The first kappa shape index (κ1) is 11.1. The van der Waals surface area contributed by atoms with Crippen LogP contribution >= 0.6 is 0 Å². The molecule has 6 heteroatoms. The van der Waals surface area contributed by atoms with Crippen LogP contribution in [-0.2, 0) is 10.1 Å². The van der Waals surface area contributed by atoms with E-state index in [2.05, 4.69) is 10.2 Å². The van der Waals surface area contributed by atoms with Gasteiger partial charge in [0, 0.05) is 10.9 Å². The lowest BCUT2D eigenvalue weighted by Crippen LogP contribution is -1.97. The Balaban J connectivity index is 2.45. The zero-order valence-electron chi connectivity index (χ0n) is 9.11. The summed E-state index contributed by atoms with van der Waals surface area (Å²) in [6.07, 6.45) is 1.61. The van der Waals surface area contributed by atoms with Gasteiger partial charge in [-0.2, -0.15) is 13.5 Å². The second kappa shape index (κ2) is 3.72. The third-order valence-corrected chi connectivity index (χ3v) is 3.61. The monoisotopic (exact) mass is 260 g/mol. The summed E-state index contributed by atoms with van der Waals surface area (Å²) in [4.78, 5) is -0.148. The Bertz CT molecular complexity index is 815. The van der Waals surface area contributed by atoms with Crippen molar-refractivity contribution in [2.45, 2.75) is 4.90 Å². The number of hydrogen-bond donors (Lipinski definition) is 1. The van der Waals surface area contributed by atoms with Crippen molar-refractivity contribution >= 4 is 20.9 Å². The van der Waals surface area contributed by atoms with Crippen molar-refractivity contribution in [1.29, 1.82) is 0 Å². The summed E-state index contributed by atoms with van der Waals surface area (Å²) in [5.74, 6) is 0. The van der Waals surface area contributed by atoms with E-state index in [9.17, 15) is 8.42 Å². The van der Waals surface area contributed by atoms with Crippen LogP contribution in [0.2, 0.25) is 0 Å². The molecule has 1 aromatic rings. The average molecular weight is 260 g/mol. The van der Waals surface area contributed by atoms with Crippen LogP contribution in [0.25, 0.3) is 22.0 Å². The minimum absolute atomic E-state index is 0.148. The van der Waals surface area contributed by atoms with Crippen molar-refractivity contribution in [3.63, 3.8) is 0 Å². The van der Waals surface area contributed by atoms with Gasteiger partial charge >= 0.3 is 0 Å². The molecule has 0 saturated heterocycles. The fourth-order valence-electron chi connectivity index (χ4n) is 1.90. The topological polar surface area (TPSA) is 80.2 Å². The van der Waals surface area contributed by atoms with E-state index >= 15 is 0 Å². The smallest absolute Gasteiger partial charge is 0.282 e. The Kier molecular flexibility index (Phi) is 2.29. The normalized spacial score (nSPS) is 12.1. The predicted molar refractivity (Wildman–Crippen MR) is 66.0 cm³/mol. The van der Waals surface area contributed by atoms with Crippen molar-refractivity contribution in [2.24, 2.45) is 0 Å². The van der Waals surface area contributed by atoms with Gasteiger partial charge in [-0.05, 0) is 17.5 Å². The second-order valence-corrected chi connectivity index (χ2v) is 5.32. The van der Waals surface area contributed by atoms with Crippen LogP contribution in [0.1, 0.15) is 0 Å². The maximum Gasteiger partial charge on any atom is 0.294 e. The predicted octanol–water partition coefficient (Wildman–Crippen LogP) is 1.98. The molecule has 18 heavy (non-hydrogen) atoms. The Morgan fingerprint density at radius 2 is 1.94 bits per heavy atom. The van der Waals surface area contributed by atoms with Crippen LogP contribution in [-0.4, -0.2) is 23.2 Å². The first-order valence-corrected chi connectivity index (χ1v) is 6.61. The molecule has 0 bridgehead atoms. The summed E-state index contributed by atoms with van der Waals surface area (Å²) in [5, 5.41) is 9.27. The van der Waals surface area contributed by atoms with Crippen molar-refractivity contribution in [2.75, 3.05) is 0 Å². The second-order valence-electron chi connectivity index (χ2n) is 3.90. The number of rotatable bonds is 1. The van der Waals surface area contributed by atoms with Crippen molar-refractivity contribution in [1.82, 2.24) is 10.2 Å². The average Bonchev–Trinajstić information content (AvgIpc) is 2.70. The number of fused-ring (bicyclic) bond motifs is 3. The van der Waals surface area contributed by atoms with Crippen LogP contribution in [0, 0.1) is 0 Å². The van der Waals surface area contributed by atoms with Crippen LogP contribution in [0.15, 0.2) is 47.5 Å². The maximum atomic E-state index is 11.1. The molecular formula is C12H8N2O3S. The van der Waals surface area contributed by atoms with E-state index in [0.29, 0.717) is 11.1 Å². The van der Waals surface area contributed by atoms with Gasteiger partial charge in [0.15, 0.2) is 0 Å². The highest BCUT2D eigenvalue weighted by molar-refractivity contribution is 7.85. The zero-order chi connectivity index (χ0) is 12.8. The van der Waals surface area contributed by atoms with Gasteiger partial charge in [-0.15, -0.1) is 5.10 Å². The summed E-state index contributed by atoms with van der Waals surface area (Å²) >= 11 is 0. The Morgan fingerprint density at radius 1 is 1.11 bits per heavy atom. The van der Waals surface area contributed by atoms with Gasteiger partial charge in [0.1, 0.15) is 5.69 Å². The summed E-state index contributed by atoms with van der Waals surface area (Å²) in [7, 11) is -4.22. The molecule has 0 atom stereocenters. The van der Waals surface area contributed by atoms with E-state index in [4.69, 9.17) is 4.55 Å². The molecule has 0 aromatic heterocycles. The Labute approximate surface area is 103 Å². The largest absolute Gasteiger partial charge is 0.294 e. The molecule has 0 fully saturated rings. The molecule has 0 radical (unpaired) electrons. The fourth-order valence-corrected chi connectivity index (χ4v) is 2.41. The molecule has 1 aliphatic carbocycles. The molecule has 0 spiro atoms. The third kappa shape index (κ3) is 1.71. The van der Waals surface area contributed by atoms with Gasteiger partial charge in [0.05, 0.1) is 11.1 Å². The molecule has 0 saturated carbocycles. The molecule has 90 valence electrons. The highest BCUT2D eigenvalue weighted by atomic mass is 32.2. The summed E-state index contributed by atoms with van der Waals surface area (Å²) in [6.45, 7) is 0. The summed E-state index contributed by atoms with van der Waals surface area (Å²) in [5.41, 5.74) is 1.43. The van der Waals surface area contributed by atoms with Crippen molar-refractivity contribution in [3.8, 4) is 11.3 Å². The lowest BCUT2D eigenvalue weighted by Gasteiger charge is -2.00. The Morgan fingerprint density at radius 3 is 2.72 bits per heavy atom. The molecule has 5 nitrogen and oxygen atoms in total. The summed E-state index contributed by atoms with van der Waals surface area (Å²) < 4.78 is 31.4. The minimum atomic E-state index is -4.22. The van der Waals surface area contributed by atoms with Crippen molar-refractivity contribution in [3.05, 3.63) is 42.6 Å². The van der Waals surface area contributed by atoms with Crippen LogP contribution in [0.3, 0.4) is 0 Å². The molecule has 0 amide bonds. The van der Waals surface area contributed by atoms with Crippen molar-refractivity contribution < 1.29 is 13.0 Å². The molecule has 3 rings (SSSR count). The van der Waals surface area contributed by atoms with E-state index < -0.39 is 10.1 Å². The number of aromatic nitrogens is 2. The SMILES string of the molecule is O=S(=O)(O)c1ccc2cccc3cnnc-3c2c1. The first-order chi connectivity index (χ1) is 8.55. The van der Waals surface area contributed by atoms with E-state index in [0.717, 1.165) is 10.9 Å². The van der Waals surface area contributed by atoms with Crippen LogP contribution < -0.4 is 0 Å². The van der Waals surface area contributed by atoms with Gasteiger partial charge in [-0.3, -0.25) is 4.55 Å². The van der Waals surface area contributed by atoms with Crippen LogP contribution in [0.5, 0.6) is 0 Å². The third-order valence-electron chi connectivity index (χ3n) is 2.76. The Hall–Kier alpha value is -2.05. The lowest BCUT2D eigenvalue weighted by atomic mass is 10.1. The van der Waals surface area contributed by atoms with Gasteiger partial charge in [-0.1, -0.05) is 24.3 Å². The minimum Gasteiger partial charge on any atom is -0.282 e.